The third-order valence-electron chi connectivity index (χ3n) is 6.86. The first kappa shape index (κ1) is 31.9. The Hall–Kier alpha value is -5.00. The molecule has 0 aliphatic heterocycles. The molecule has 1 aliphatic carbocycles. The highest BCUT2D eigenvalue weighted by molar-refractivity contribution is 5.99. The number of hydrogen-bond donors (Lipinski definition) is 1. The maximum absolute atomic E-state index is 14.7. The van der Waals surface area contributed by atoms with E-state index in [4.69, 9.17) is 23.7 Å². The van der Waals surface area contributed by atoms with Gasteiger partial charge in [-0.25, -0.2) is 18.6 Å². The van der Waals surface area contributed by atoms with E-state index in [1.165, 1.54) is 83.8 Å². The van der Waals surface area contributed by atoms with Crippen LogP contribution >= 0.6 is 0 Å². The van der Waals surface area contributed by atoms with E-state index < -0.39 is 35.5 Å². The molecule has 1 heterocycles. The van der Waals surface area contributed by atoms with Gasteiger partial charge in [0.25, 0.3) is 5.91 Å². The summed E-state index contributed by atoms with van der Waals surface area (Å²) in [7, 11) is 3.99. The number of halogens is 2. The molecule has 1 fully saturated rings. The monoisotopic (exact) mass is 610 g/mol. The summed E-state index contributed by atoms with van der Waals surface area (Å²) in [6.45, 7) is 2.83. The van der Waals surface area contributed by atoms with Crippen molar-refractivity contribution < 1.29 is 46.8 Å². The first-order valence-electron chi connectivity index (χ1n) is 13.7. The van der Waals surface area contributed by atoms with Crippen molar-refractivity contribution >= 4 is 23.4 Å². The fourth-order valence-corrected chi connectivity index (χ4v) is 4.40. The summed E-state index contributed by atoms with van der Waals surface area (Å²) in [5.74, 6) is -3.42. The number of ether oxygens (including phenoxy) is 5. The Morgan fingerprint density at radius 2 is 1.48 bits per heavy atom. The summed E-state index contributed by atoms with van der Waals surface area (Å²) >= 11 is 0. The van der Waals surface area contributed by atoms with Crippen molar-refractivity contribution in [1.29, 1.82) is 0 Å². The van der Waals surface area contributed by atoms with Gasteiger partial charge in [-0.05, 0) is 68.0 Å². The Morgan fingerprint density at radius 3 is 1.98 bits per heavy atom. The van der Waals surface area contributed by atoms with Crippen molar-refractivity contribution in [3.63, 3.8) is 0 Å². The highest BCUT2D eigenvalue weighted by Gasteiger charge is 2.29. The molecule has 1 amide bonds. The number of rotatable bonds is 12. The number of pyridine rings is 1. The smallest absolute Gasteiger partial charge is 0.333 e. The molecule has 1 aromatic heterocycles. The van der Waals surface area contributed by atoms with E-state index in [2.05, 4.69) is 10.3 Å². The predicted molar refractivity (Wildman–Crippen MR) is 154 cm³/mol. The molecule has 0 saturated heterocycles. The SMILES string of the molecule is COc1ccc(C(=C(C)OC(=O)[C@H](C)NC(=O)c2nccc(OC)c2OC(=O)CC2CC2)c2ccc(OC)c(F)c2)cc1F. The van der Waals surface area contributed by atoms with Gasteiger partial charge in [-0.15, -0.1) is 0 Å². The molecule has 1 saturated carbocycles. The van der Waals surface area contributed by atoms with Gasteiger partial charge >= 0.3 is 11.9 Å². The number of allylic oxidation sites excluding steroid dienone is 1. The molecule has 1 aliphatic rings. The van der Waals surface area contributed by atoms with Crippen molar-refractivity contribution in [3.05, 3.63) is 82.9 Å². The molecule has 2 aromatic carbocycles. The van der Waals surface area contributed by atoms with Gasteiger partial charge in [0.05, 0.1) is 21.3 Å². The maximum Gasteiger partial charge on any atom is 0.333 e. The molecule has 232 valence electrons. The van der Waals surface area contributed by atoms with Crippen LogP contribution in [-0.2, 0) is 14.3 Å². The molecule has 1 N–H and O–H groups in total. The molecular weight excluding hydrogens is 578 g/mol. The van der Waals surface area contributed by atoms with E-state index in [1.54, 1.807) is 0 Å². The fraction of sp³-hybridized carbons (Fsp3) is 0.312. The quantitative estimate of drug-likeness (QED) is 0.217. The number of carbonyl (C=O) groups is 3. The average molecular weight is 611 g/mol. The lowest BCUT2D eigenvalue weighted by Crippen LogP contribution is -2.40. The van der Waals surface area contributed by atoms with Gasteiger partial charge in [0.1, 0.15) is 11.8 Å². The summed E-state index contributed by atoms with van der Waals surface area (Å²) in [4.78, 5) is 42.8. The summed E-state index contributed by atoms with van der Waals surface area (Å²) in [5, 5.41) is 2.49. The molecular formula is C32H32F2N2O8. The second kappa shape index (κ2) is 14.0. The van der Waals surface area contributed by atoms with E-state index in [0.717, 1.165) is 12.8 Å². The Kier molecular flexibility index (Phi) is 10.1. The lowest BCUT2D eigenvalue weighted by atomic mass is 9.96. The second-order valence-corrected chi connectivity index (χ2v) is 10.1. The van der Waals surface area contributed by atoms with Gasteiger partial charge in [0, 0.05) is 24.3 Å². The lowest BCUT2D eigenvalue weighted by molar-refractivity contribution is -0.141. The Morgan fingerprint density at radius 1 is 0.909 bits per heavy atom. The third-order valence-corrected chi connectivity index (χ3v) is 6.86. The molecule has 1 atom stereocenters. The van der Waals surface area contributed by atoms with Crippen LogP contribution in [0.3, 0.4) is 0 Å². The average Bonchev–Trinajstić information content (AvgIpc) is 3.81. The van der Waals surface area contributed by atoms with Crippen molar-refractivity contribution in [2.24, 2.45) is 5.92 Å². The number of esters is 2. The minimum Gasteiger partial charge on any atom is -0.494 e. The van der Waals surface area contributed by atoms with E-state index in [9.17, 15) is 23.2 Å². The standard InChI is InChI=1S/C32H32F2N2O8/c1-17(36-31(38)29-30(26(42-5)12-13-35-29)44-27(37)14-19-6-7-19)32(39)43-18(2)28(20-8-10-24(40-3)22(33)15-20)21-9-11-25(41-4)23(34)16-21/h8-13,15-17,19H,6-7,14H2,1-5H3,(H,36,38)/t17-/m0/s1. The van der Waals surface area contributed by atoms with Crippen LogP contribution in [0.1, 0.15) is 54.7 Å². The van der Waals surface area contributed by atoms with Crippen molar-refractivity contribution in [3.8, 4) is 23.0 Å². The van der Waals surface area contributed by atoms with Gasteiger partial charge < -0.3 is 29.0 Å². The topological polar surface area (TPSA) is 122 Å². The minimum atomic E-state index is -1.22. The zero-order chi connectivity index (χ0) is 32.0. The van der Waals surface area contributed by atoms with Crippen molar-refractivity contribution in [2.45, 2.75) is 39.2 Å². The number of methoxy groups -OCH3 is 3. The molecule has 10 nitrogen and oxygen atoms in total. The van der Waals surface area contributed by atoms with Gasteiger partial charge in [-0.2, -0.15) is 0 Å². The Bertz CT molecular complexity index is 1550. The number of benzene rings is 2. The summed E-state index contributed by atoms with van der Waals surface area (Å²) in [6, 6.07) is 8.39. The van der Waals surface area contributed by atoms with Crippen LogP contribution in [0.2, 0.25) is 0 Å². The molecule has 12 heteroatoms. The van der Waals surface area contributed by atoms with Gasteiger partial charge in [0.2, 0.25) is 5.75 Å². The van der Waals surface area contributed by atoms with Crippen molar-refractivity contribution in [1.82, 2.24) is 10.3 Å². The van der Waals surface area contributed by atoms with E-state index >= 15 is 0 Å². The molecule has 0 bridgehead atoms. The molecule has 44 heavy (non-hydrogen) atoms. The van der Waals surface area contributed by atoms with Crippen LogP contribution in [-0.4, -0.2) is 50.2 Å². The number of nitrogens with zero attached hydrogens (tertiary/aromatic N) is 1. The number of aromatic nitrogens is 1. The van der Waals surface area contributed by atoms with Gasteiger partial charge in [0.15, 0.2) is 34.6 Å². The zero-order valence-electron chi connectivity index (χ0n) is 24.9. The van der Waals surface area contributed by atoms with Crippen LogP contribution in [0.15, 0.2) is 54.4 Å². The molecule has 0 unspecified atom stereocenters. The summed E-state index contributed by atoms with van der Waals surface area (Å²) in [6.07, 6.45) is 3.37. The first-order chi connectivity index (χ1) is 21.1. The number of carbonyl (C=O) groups excluding carboxylic acids is 3. The van der Waals surface area contributed by atoms with E-state index in [1.807, 2.05) is 0 Å². The molecule has 0 radical (unpaired) electrons. The number of nitrogens with one attached hydrogen (secondary N) is 1. The predicted octanol–water partition coefficient (Wildman–Crippen LogP) is 5.23. The highest BCUT2D eigenvalue weighted by atomic mass is 19.1. The zero-order valence-corrected chi connectivity index (χ0v) is 24.9. The Labute approximate surface area is 252 Å². The van der Waals surface area contributed by atoms with Crippen LogP contribution in [0.4, 0.5) is 8.78 Å². The second-order valence-electron chi connectivity index (χ2n) is 10.1. The van der Waals surface area contributed by atoms with Crippen LogP contribution in [0.5, 0.6) is 23.0 Å². The Balaban J connectivity index is 1.59. The molecule has 3 aromatic rings. The minimum absolute atomic E-state index is 0.000525. The van der Waals surface area contributed by atoms with Crippen molar-refractivity contribution in [2.75, 3.05) is 21.3 Å². The van der Waals surface area contributed by atoms with E-state index in [-0.39, 0.29) is 63.5 Å². The number of hydrogen-bond acceptors (Lipinski definition) is 9. The fourth-order valence-electron chi connectivity index (χ4n) is 4.40. The highest BCUT2D eigenvalue weighted by Crippen LogP contribution is 2.35. The molecule has 4 rings (SSSR count). The lowest BCUT2D eigenvalue weighted by Gasteiger charge is -2.18. The number of amides is 1. The van der Waals surface area contributed by atoms with Gasteiger partial charge in [-0.3, -0.25) is 9.59 Å². The first-order valence-corrected chi connectivity index (χ1v) is 13.7. The third kappa shape index (κ3) is 7.49. The molecule has 0 spiro atoms. The van der Waals surface area contributed by atoms with E-state index in [0.29, 0.717) is 0 Å². The van der Waals surface area contributed by atoms with Crippen LogP contribution in [0, 0.1) is 17.6 Å². The largest absolute Gasteiger partial charge is 0.494 e. The van der Waals surface area contributed by atoms with Gasteiger partial charge in [-0.1, -0.05) is 12.1 Å². The van der Waals surface area contributed by atoms with Crippen LogP contribution < -0.4 is 24.3 Å². The normalized spacial score (nSPS) is 12.9. The summed E-state index contributed by atoms with van der Waals surface area (Å²) < 4.78 is 55.6. The maximum atomic E-state index is 14.7. The summed E-state index contributed by atoms with van der Waals surface area (Å²) in [5.41, 5.74) is 0.490. The van der Waals surface area contributed by atoms with Crippen LogP contribution in [0.25, 0.3) is 5.57 Å².